The normalized spacial score (nSPS) is 19.6. The first kappa shape index (κ1) is 13.8. The van der Waals surface area contributed by atoms with Gasteiger partial charge in [-0.15, -0.1) is 0 Å². The summed E-state index contributed by atoms with van der Waals surface area (Å²) in [5, 5.41) is 5.61. The van der Waals surface area contributed by atoms with Gasteiger partial charge in [0.15, 0.2) is 0 Å². The van der Waals surface area contributed by atoms with Crippen LogP contribution in [0.25, 0.3) is 0 Å². The van der Waals surface area contributed by atoms with Crippen molar-refractivity contribution < 1.29 is 26.3 Å². The lowest BCUT2D eigenvalue weighted by molar-refractivity contribution is -0.324. The van der Waals surface area contributed by atoms with E-state index in [0.717, 1.165) is 0 Å². The zero-order valence-electron chi connectivity index (χ0n) is 8.89. The van der Waals surface area contributed by atoms with E-state index in [9.17, 15) is 26.3 Å². The summed E-state index contributed by atoms with van der Waals surface area (Å²) in [6.07, 6.45) is -10.3. The van der Waals surface area contributed by atoms with Gasteiger partial charge in [-0.3, -0.25) is 0 Å². The molecule has 9 heteroatoms. The van der Waals surface area contributed by atoms with Crippen molar-refractivity contribution in [3.63, 3.8) is 0 Å². The first-order valence-electron chi connectivity index (χ1n) is 4.47. The fourth-order valence-electron chi connectivity index (χ4n) is 1.33. The maximum atomic E-state index is 12.7. The molecule has 0 amide bonds. The first-order valence-corrected chi connectivity index (χ1v) is 4.47. The van der Waals surface area contributed by atoms with E-state index in [2.05, 4.69) is 10.3 Å². The highest BCUT2D eigenvalue weighted by Crippen LogP contribution is 2.50. The van der Waals surface area contributed by atoms with E-state index < -0.39 is 24.4 Å². The van der Waals surface area contributed by atoms with Crippen LogP contribution in [0.2, 0.25) is 0 Å². The van der Waals surface area contributed by atoms with Gasteiger partial charge in [0.1, 0.15) is 6.54 Å². The second kappa shape index (κ2) is 3.88. The summed E-state index contributed by atoms with van der Waals surface area (Å²) in [6.45, 7) is 1.25. The molecular weight excluding hydrogens is 252 g/mol. The molecule has 0 aromatic rings. The van der Waals surface area contributed by atoms with Crippen molar-refractivity contribution in [1.82, 2.24) is 5.01 Å². The van der Waals surface area contributed by atoms with Crippen molar-refractivity contribution in [3.8, 4) is 0 Å². The molecule has 17 heavy (non-hydrogen) atoms. The Morgan fingerprint density at radius 1 is 1.12 bits per heavy atom. The summed E-state index contributed by atoms with van der Waals surface area (Å²) in [4.78, 5) is 0. The maximum Gasteiger partial charge on any atom is 0.424 e. The van der Waals surface area contributed by atoms with E-state index in [1.165, 1.54) is 13.8 Å². The number of allylic oxidation sites excluding steroid dienone is 1. The molecule has 0 aromatic heterocycles. The molecule has 0 fully saturated rings. The molecule has 0 N–H and O–H groups in total. The number of alkyl halides is 6. The monoisotopic (exact) mass is 261 g/mol. The van der Waals surface area contributed by atoms with Crippen LogP contribution in [0.1, 0.15) is 13.8 Å². The number of nitrogens with zero attached hydrogens (tertiary/aromatic N) is 3. The van der Waals surface area contributed by atoms with E-state index in [0.29, 0.717) is 6.20 Å². The number of hydrogen-bond donors (Lipinski definition) is 0. The largest absolute Gasteiger partial charge is 0.424 e. The lowest BCUT2D eigenvalue weighted by Crippen LogP contribution is -2.64. The summed E-state index contributed by atoms with van der Waals surface area (Å²) in [5.74, 6) is 0. The number of rotatable bonds is 1. The van der Waals surface area contributed by atoms with Gasteiger partial charge in [-0.05, 0) is 13.8 Å². The van der Waals surface area contributed by atoms with Crippen LogP contribution in [0.3, 0.4) is 0 Å². The molecule has 0 unspecified atom stereocenters. The fraction of sp³-hybridized carbons (Fsp3) is 0.750. The predicted octanol–water partition coefficient (Wildman–Crippen LogP) is 3.46. The van der Waals surface area contributed by atoms with Crippen molar-refractivity contribution in [2.24, 2.45) is 10.3 Å². The van der Waals surface area contributed by atoms with Gasteiger partial charge in [0.05, 0.1) is 0 Å². The van der Waals surface area contributed by atoms with E-state index in [1.807, 2.05) is 0 Å². The van der Waals surface area contributed by atoms with Gasteiger partial charge in [0.2, 0.25) is 0 Å². The third kappa shape index (κ3) is 2.09. The lowest BCUT2D eigenvalue weighted by Gasteiger charge is -2.37. The summed E-state index contributed by atoms with van der Waals surface area (Å²) in [6, 6.07) is 0. The Kier molecular flexibility index (Phi) is 3.15. The van der Waals surface area contributed by atoms with Crippen LogP contribution in [0.15, 0.2) is 22.1 Å². The standard InChI is InChI=1S/C8H9F6N3/c1-5(2)3-17-6(4-15-16-17,7(9,10)11)8(12,13)14/h3H,4H2,1-2H3. The third-order valence-electron chi connectivity index (χ3n) is 2.17. The van der Waals surface area contributed by atoms with Gasteiger partial charge in [-0.2, -0.15) is 31.5 Å². The zero-order chi connectivity index (χ0) is 13.5. The van der Waals surface area contributed by atoms with Gasteiger partial charge in [-0.25, -0.2) is 5.01 Å². The second-order valence-corrected chi connectivity index (χ2v) is 3.80. The fourth-order valence-corrected chi connectivity index (χ4v) is 1.33. The van der Waals surface area contributed by atoms with E-state index >= 15 is 0 Å². The highest BCUT2D eigenvalue weighted by atomic mass is 19.4. The molecule has 0 radical (unpaired) electrons. The van der Waals surface area contributed by atoms with Crippen molar-refractivity contribution in [2.75, 3.05) is 6.54 Å². The molecule has 0 aromatic carbocycles. The summed E-state index contributed by atoms with van der Waals surface area (Å²) >= 11 is 0. The molecule has 1 aliphatic rings. The van der Waals surface area contributed by atoms with Crippen LogP contribution in [-0.2, 0) is 0 Å². The molecule has 0 saturated heterocycles. The highest BCUT2D eigenvalue weighted by molar-refractivity contribution is 5.11. The molecule has 0 saturated carbocycles. The van der Waals surface area contributed by atoms with E-state index in [4.69, 9.17) is 0 Å². The van der Waals surface area contributed by atoms with Crippen LogP contribution in [-0.4, -0.2) is 29.4 Å². The molecule has 1 rings (SSSR count). The van der Waals surface area contributed by atoms with Crippen molar-refractivity contribution in [1.29, 1.82) is 0 Å². The Morgan fingerprint density at radius 3 is 1.94 bits per heavy atom. The second-order valence-electron chi connectivity index (χ2n) is 3.80. The van der Waals surface area contributed by atoms with Crippen molar-refractivity contribution in [3.05, 3.63) is 11.8 Å². The topological polar surface area (TPSA) is 28.0 Å². The van der Waals surface area contributed by atoms with Gasteiger partial charge >= 0.3 is 12.4 Å². The lowest BCUT2D eigenvalue weighted by atomic mass is 9.97. The predicted molar refractivity (Wildman–Crippen MR) is 45.8 cm³/mol. The molecule has 3 nitrogen and oxygen atoms in total. The molecule has 0 aliphatic carbocycles. The average Bonchev–Trinajstić information content (AvgIpc) is 2.44. The smallest absolute Gasteiger partial charge is 0.228 e. The highest BCUT2D eigenvalue weighted by Gasteiger charge is 2.76. The molecule has 0 atom stereocenters. The minimum atomic E-state index is -5.51. The van der Waals surface area contributed by atoms with Crippen molar-refractivity contribution in [2.45, 2.75) is 31.7 Å². The van der Waals surface area contributed by atoms with Crippen LogP contribution in [0, 0.1) is 0 Å². The Labute approximate surface area is 92.8 Å². The SMILES string of the molecule is CC(C)=CN1N=NCC1(C(F)(F)F)C(F)(F)F. The van der Waals surface area contributed by atoms with Gasteiger partial charge in [0.25, 0.3) is 5.54 Å². The Morgan fingerprint density at radius 2 is 1.59 bits per heavy atom. The summed E-state index contributed by atoms with van der Waals surface area (Å²) in [7, 11) is 0. The van der Waals surface area contributed by atoms with Gasteiger partial charge < -0.3 is 0 Å². The zero-order valence-corrected chi connectivity index (χ0v) is 8.89. The molecule has 0 bridgehead atoms. The first-order chi connectivity index (χ1) is 7.52. The minimum Gasteiger partial charge on any atom is -0.228 e. The summed E-state index contributed by atoms with van der Waals surface area (Å²) in [5.41, 5.74) is -3.80. The van der Waals surface area contributed by atoms with E-state index in [-0.39, 0.29) is 10.6 Å². The van der Waals surface area contributed by atoms with Crippen LogP contribution < -0.4 is 0 Å². The Bertz CT molecular complexity index is 335. The molecule has 1 aliphatic heterocycles. The van der Waals surface area contributed by atoms with Crippen LogP contribution >= 0.6 is 0 Å². The molecule has 0 spiro atoms. The molecule has 1 heterocycles. The van der Waals surface area contributed by atoms with Gasteiger partial charge in [0, 0.05) is 6.20 Å². The third-order valence-corrected chi connectivity index (χ3v) is 2.17. The quantitative estimate of drug-likeness (QED) is 0.664. The maximum absolute atomic E-state index is 12.7. The van der Waals surface area contributed by atoms with Crippen molar-refractivity contribution >= 4 is 0 Å². The van der Waals surface area contributed by atoms with Crippen LogP contribution in [0.5, 0.6) is 0 Å². The Balaban J connectivity index is 3.31. The summed E-state index contributed by atoms with van der Waals surface area (Å²) < 4.78 is 76.2. The molecule has 98 valence electrons. The number of hydrogen-bond acceptors (Lipinski definition) is 3. The van der Waals surface area contributed by atoms with Gasteiger partial charge in [-0.1, -0.05) is 10.8 Å². The molecular formula is C8H9F6N3. The van der Waals surface area contributed by atoms with E-state index in [1.54, 1.807) is 0 Å². The minimum absolute atomic E-state index is 0.164. The number of halogens is 6. The average molecular weight is 261 g/mol. The Hall–Kier alpha value is -1.28. The van der Waals surface area contributed by atoms with Crippen LogP contribution in [0.4, 0.5) is 26.3 Å².